The minimum atomic E-state index is -0.423. The lowest BCUT2D eigenvalue weighted by molar-refractivity contribution is 0.113. The molecule has 0 radical (unpaired) electrons. The zero-order valence-electron chi connectivity index (χ0n) is 14.2. The van der Waals surface area contributed by atoms with Crippen LogP contribution in [-0.4, -0.2) is 41.0 Å². The molecule has 1 saturated carbocycles. The van der Waals surface area contributed by atoms with Crippen LogP contribution >= 0.6 is 0 Å². The van der Waals surface area contributed by atoms with Gasteiger partial charge in [0.15, 0.2) is 0 Å². The predicted molar refractivity (Wildman–Crippen MR) is 94.1 cm³/mol. The fourth-order valence-corrected chi connectivity index (χ4v) is 4.71. The summed E-state index contributed by atoms with van der Waals surface area (Å²) >= 11 is 0. The summed E-state index contributed by atoms with van der Waals surface area (Å²) in [5.41, 5.74) is 4.25. The summed E-state index contributed by atoms with van der Waals surface area (Å²) in [5.74, 6) is 0.357. The van der Waals surface area contributed by atoms with Crippen LogP contribution in [0, 0.1) is 25.2 Å². The van der Waals surface area contributed by atoms with Gasteiger partial charge in [0.05, 0.1) is 6.10 Å². The highest BCUT2D eigenvalue weighted by molar-refractivity contribution is 5.56. The second-order valence-corrected chi connectivity index (χ2v) is 7.30. The van der Waals surface area contributed by atoms with Gasteiger partial charge in [0.2, 0.25) is 0 Å². The molecule has 126 valence electrons. The Bertz CT molecular complexity index is 749. The Morgan fingerprint density at radius 2 is 2.00 bits per heavy atom. The molecule has 2 heterocycles. The Balaban J connectivity index is 1.66. The predicted octanol–water partition coefficient (Wildman–Crippen LogP) is 2.27. The Morgan fingerprint density at radius 3 is 2.71 bits per heavy atom. The van der Waals surface area contributed by atoms with E-state index in [0.717, 1.165) is 23.5 Å². The maximum Gasteiger partial charge on any atom is 0.0797 e. The summed E-state index contributed by atoms with van der Waals surface area (Å²) < 4.78 is 0. The van der Waals surface area contributed by atoms with E-state index in [4.69, 9.17) is 0 Å². The number of rotatable bonds is 3. The third kappa shape index (κ3) is 2.17. The van der Waals surface area contributed by atoms with E-state index in [1.165, 1.54) is 5.56 Å². The van der Waals surface area contributed by atoms with E-state index in [2.05, 4.69) is 35.0 Å². The van der Waals surface area contributed by atoms with Gasteiger partial charge < -0.3 is 15.1 Å². The number of aryl methyl sites for hydroxylation is 2. The SMILES string of the molecule is Cc1cc(N2C[C@H](O)[C@@]3(C2)[C@H](CO)[C@H]3c2ccccc2)c(C)cn1. The third-order valence-electron chi connectivity index (χ3n) is 5.95. The smallest absolute Gasteiger partial charge is 0.0797 e. The second-order valence-electron chi connectivity index (χ2n) is 7.30. The number of aromatic nitrogens is 1. The highest BCUT2D eigenvalue weighted by Gasteiger charge is 2.71. The second kappa shape index (κ2) is 5.57. The van der Waals surface area contributed by atoms with Crippen molar-refractivity contribution in [3.8, 4) is 0 Å². The fourth-order valence-electron chi connectivity index (χ4n) is 4.71. The Labute approximate surface area is 142 Å². The van der Waals surface area contributed by atoms with E-state index in [0.29, 0.717) is 6.54 Å². The molecule has 24 heavy (non-hydrogen) atoms. The lowest BCUT2D eigenvalue weighted by Crippen LogP contribution is -2.23. The summed E-state index contributed by atoms with van der Waals surface area (Å²) in [6, 6.07) is 12.4. The van der Waals surface area contributed by atoms with Crippen LogP contribution in [0.1, 0.15) is 22.7 Å². The fraction of sp³-hybridized carbons (Fsp3) is 0.450. The topological polar surface area (TPSA) is 56.6 Å². The van der Waals surface area contributed by atoms with Crippen LogP contribution in [0.4, 0.5) is 5.69 Å². The van der Waals surface area contributed by atoms with Crippen molar-refractivity contribution in [3.63, 3.8) is 0 Å². The van der Waals surface area contributed by atoms with Crippen molar-refractivity contribution in [3.05, 3.63) is 59.4 Å². The molecule has 0 unspecified atom stereocenters. The molecule has 1 aromatic carbocycles. The first kappa shape index (κ1) is 15.6. The highest BCUT2D eigenvalue weighted by Crippen LogP contribution is 2.69. The van der Waals surface area contributed by atoms with Crippen LogP contribution in [0.25, 0.3) is 0 Å². The van der Waals surface area contributed by atoms with Crippen LogP contribution < -0.4 is 4.90 Å². The maximum absolute atomic E-state index is 10.9. The van der Waals surface area contributed by atoms with Crippen LogP contribution in [0.5, 0.6) is 0 Å². The summed E-state index contributed by atoms with van der Waals surface area (Å²) in [6.45, 7) is 5.57. The molecular formula is C20H24N2O2. The maximum atomic E-state index is 10.9. The monoisotopic (exact) mass is 324 g/mol. The van der Waals surface area contributed by atoms with E-state index < -0.39 is 6.10 Å². The van der Waals surface area contributed by atoms with Gasteiger partial charge >= 0.3 is 0 Å². The Hall–Kier alpha value is -1.91. The number of hydrogen-bond acceptors (Lipinski definition) is 4. The third-order valence-corrected chi connectivity index (χ3v) is 5.95. The highest BCUT2D eigenvalue weighted by atomic mass is 16.3. The van der Waals surface area contributed by atoms with Crippen molar-refractivity contribution in [1.29, 1.82) is 0 Å². The van der Waals surface area contributed by atoms with Gasteiger partial charge in [-0.25, -0.2) is 0 Å². The lowest BCUT2D eigenvalue weighted by atomic mass is 9.95. The Kier molecular flexibility index (Phi) is 3.62. The molecule has 4 atom stereocenters. The average Bonchev–Trinajstić information content (AvgIpc) is 3.13. The molecule has 1 aliphatic heterocycles. The number of benzene rings is 1. The zero-order valence-corrected chi connectivity index (χ0v) is 14.2. The van der Waals surface area contributed by atoms with E-state index in [1.54, 1.807) is 0 Å². The van der Waals surface area contributed by atoms with Gasteiger partial charge in [-0.15, -0.1) is 0 Å². The van der Waals surface area contributed by atoms with Crippen LogP contribution in [0.2, 0.25) is 0 Å². The number of aliphatic hydroxyl groups excluding tert-OH is 2. The Morgan fingerprint density at radius 1 is 1.25 bits per heavy atom. The number of anilines is 1. The van der Waals surface area contributed by atoms with E-state index in [9.17, 15) is 10.2 Å². The number of aliphatic hydroxyl groups is 2. The molecule has 4 nitrogen and oxygen atoms in total. The minimum absolute atomic E-state index is 0.124. The first-order valence-electron chi connectivity index (χ1n) is 8.60. The van der Waals surface area contributed by atoms with Crippen LogP contribution in [-0.2, 0) is 0 Å². The molecule has 4 heteroatoms. The van der Waals surface area contributed by atoms with Crippen molar-refractivity contribution < 1.29 is 10.2 Å². The van der Waals surface area contributed by atoms with Crippen molar-refractivity contribution in [2.45, 2.75) is 25.9 Å². The first-order valence-corrected chi connectivity index (χ1v) is 8.60. The van der Waals surface area contributed by atoms with Crippen molar-refractivity contribution in [2.24, 2.45) is 11.3 Å². The van der Waals surface area contributed by atoms with Crippen molar-refractivity contribution in [2.75, 3.05) is 24.6 Å². The van der Waals surface area contributed by atoms with Gasteiger partial charge in [-0.3, -0.25) is 4.98 Å². The van der Waals surface area contributed by atoms with Gasteiger partial charge in [0.25, 0.3) is 0 Å². The summed E-state index contributed by atoms with van der Waals surface area (Å²) in [7, 11) is 0. The van der Waals surface area contributed by atoms with E-state index in [1.807, 2.05) is 31.3 Å². The van der Waals surface area contributed by atoms with Gasteiger partial charge in [0.1, 0.15) is 0 Å². The molecule has 1 saturated heterocycles. The number of hydrogen-bond donors (Lipinski definition) is 2. The van der Waals surface area contributed by atoms with Gasteiger partial charge in [-0.05, 0) is 42.9 Å². The summed E-state index contributed by atoms with van der Waals surface area (Å²) in [6.07, 6.45) is 1.47. The number of pyridine rings is 1. The molecule has 0 amide bonds. The molecule has 0 bridgehead atoms. The van der Waals surface area contributed by atoms with Gasteiger partial charge in [0, 0.05) is 42.7 Å². The van der Waals surface area contributed by atoms with Gasteiger partial charge in [-0.2, -0.15) is 0 Å². The van der Waals surface area contributed by atoms with Crippen LogP contribution in [0.3, 0.4) is 0 Å². The molecule has 2 aromatic rings. The van der Waals surface area contributed by atoms with Gasteiger partial charge in [-0.1, -0.05) is 30.3 Å². The lowest BCUT2D eigenvalue weighted by Gasteiger charge is -2.21. The number of β-amino-alcohol motifs (C(OH)–C–C–N with tert-alkyl or cyclic N) is 1. The molecule has 2 N–H and O–H groups in total. The quantitative estimate of drug-likeness (QED) is 0.909. The largest absolute Gasteiger partial charge is 0.396 e. The first-order chi connectivity index (χ1) is 11.6. The molecule has 2 aliphatic rings. The number of nitrogens with zero attached hydrogens (tertiary/aromatic N) is 2. The normalized spacial score (nSPS) is 31.7. The van der Waals surface area contributed by atoms with E-state index >= 15 is 0 Å². The van der Waals surface area contributed by atoms with Crippen LogP contribution in [0.15, 0.2) is 42.6 Å². The molecule has 1 aromatic heterocycles. The standard InChI is InChI=1S/C20H24N2O2/c1-13-9-21-14(2)8-17(13)22-10-18(24)20(12-22)16(11-23)19(20)15-6-4-3-5-7-15/h3-9,16,18-19,23-24H,10-12H2,1-2H3/t16-,18+,19-,20-/m1/s1. The molecule has 4 rings (SSSR count). The van der Waals surface area contributed by atoms with Crippen molar-refractivity contribution >= 4 is 5.69 Å². The average molecular weight is 324 g/mol. The molecule has 1 spiro atoms. The van der Waals surface area contributed by atoms with Crippen molar-refractivity contribution in [1.82, 2.24) is 4.98 Å². The summed E-state index contributed by atoms with van der Waals surface area (Å²) in [4.78, 5) is 6.61. The minimum Gasteiger partial charge on any atom is -0.396 e. The summed E-state index contributed by atoms with van der Waals surface area (Å²) in [5, 5.41) is 20.8. The molecule has 2 fully saturated rings. The molecule has 1 aliphatic carbocycles. The van der Waals surface area contributed by atoms with E-state index in [-0.39, 0.29) is 23.9 Å². The zero-order chi connectivity index (χ0) is 16.9. The molecular weight excluding hydrogens is 300 g/mol.